The van der Waals surface area contributed by atoms with Gasteiger partial charge in [0.25, 0.3) is 0 Å². The molecule has 1 nitrogen and oxygen atoms in total. The highest BCUT2D eigenvalue weighted by molar-refractivity contribution is 5.73. The second-order valence-corrected chi connectivity index (χ2v) is 2.49. The van der Waals surface area contributed by atoms with Gasteiger partial charge in [0, 0.05) is 12.4 Å². The van der Waals surface area contributed by atoms with Gasteiger partial charge in [-0.2, -0.15) is 0 Å². The first-order valence-corrected chi connectivity index (χ1v) is 3.99. The molecule has 0 aromatic carbocycles. The van der Waals surface area contributed by atoms with Gasteiger partial charge in [-0.3, -0.25) is 4.99 Å². The van der Waals surface area contributed by atoms with Crippen molar-refractivity contribution in [2.45, 2.75) is 19.8 Å². The van der Waals surface area contributed by atoms with Crippen LogP contribution in [-0.2, 0) is 0 Å². The number of nitrogens with zero attached hydrogens (tertiary/aromatic N) is 1. The molecule has 0 aromatic heterocycles. The lowest BCUT2D eigenvalue weighted by Crippen LogP contribution is -1.79. The SMILES string of the molecule is CCCC1=CC=N/C=C/C=C1. The predicted molar refractivity (Wildman–Crippen MR) is 49.8 cm³/mol. The molecule has 1 aliphatic rings. The van der Waals surface area contributed by atoms with Crippen molar-refractivity contribution in [3.05, 3.63) is 36.1 Å². The lowest BCUT2D eigenvalue weighted by molar-refractivity contribution is 0.927. The Bertz CT molecular complexity index is 219. The van der Waals surface area contributed by atoms with Crippen LogP contribution in [0.15, 0.2) is 41.1 Å². The smallest absolute Gasteiger partial charge is 0.0270 e. The van der Waals surface area contributed by atoms with Crippen molar-refractivity contribution >= 4 is 6.21 Å². The van der Waals surface area contributed by atoms with E-state index in [1.807, 2.05) is 18.4 Å². The monoisotopic (exact) mass is 147 g/mol. The standard InChI is InChI=1S/C10H13N/c1-2-5-10-6-3-4-8-11-9-7-10/h3-4,6-9H,2,5H2,1H3/b4-3?,6-3?,8-4+,9-7?,10-6?,10-7?,11-8?,11-9?. The van der Waals surface area contributed by atoms with Gasteiger partial charge in [-0.25, -0.2) is 0 Å². The van der Waals surface area contributed by atoms with Crippen LogP contribution < -0.4 is 0 Å². The molecular formula is C10H13N. The molecule has 0 spiro atoms. The molecule has 0 bridgehead atoms. The van der Waals surface area contributed by atoms with Gasteiger partial charge in [0.15, 0.2) is 0 Å². The Labute approximate surface area is 67.8 Å². The molecule has 0 saturated carbocycles. The summed E-state index contributed by atoms with van der Waals surface area (Å²) in [6, 6.07) is 0. The molecule has 0 radical (unpaired) electrons. The summed E-state index contributed by atoms with van der Waals surface area (Å²) in [5.74, 6) is 0. The average Bonchev–Trinajstić information content (AvgIpc) is 1.94. The molecule has 58 valence electrons. The fraction of sp³-hybridized carbons (Fsp3) is 0.300. The number of aliphatic imine (C=N–C) groups is 1. The molecule has 0 fully saturated rings. The first-order chi connectivity index (χ1) is 5.43. The second-order valence-electron chi connectivity index (χ2n) is 2.49. The fourth-order valence-corrected chi connectivity index (χ4v) is 0.978. The van der Waals surface area contributed by atoms with Gasteiger partial charge in [0.05, 0.1) is 0 Å². The Balaban J connectivity index is 2.62. The van der Waals surface area contributed by atoms with E-state index in [2.05, 4.69) is 24.1 Å². The van der Waals surface area contributed by atoms with Gasteiger partial charge in [0.2, 0.25) is 0 Å². The van der Waals surface area contributed by atoms with Crippen molar-refractivity contribution in [3.8, 4) is 0 Å². The van der Waals surface area contributed by atoms with Gasteiger partial charge >= 0.3 is 0 Å². The third-order valence-corrected chi connectivity index (χ3v) is 1.51. The number of allylic oxidation sites excluding steroid dienone is 5. The Morgan fingerprint density at radius 2 is 2.27 bits per heavy atom. The molecule has 0 N–H and O–H groups in total. The van der Waals surface area contributed by atoms with Crippen LogP contribution in [0.4, 0.5) is 0 Å². The van der Waals surface area contributed by atoms with E-state index in [-0.39, 0.29) is 0 Å². The average molecular weight is 147 g/mol. The minimum atomic E-state index is 1.14. The minimum Gasteiger partial charge on any atom is -0.265 e. The molecule has 1 aliphatic heterocycles. The molecule has 11 heavy (non-hydrogen) atoms. The van der Waals surface area contributed by atoms with Gasteiger partial charge in [-0.1, -0.05) is 25.5 Å². The van der Waals surface area contributed by atoms with Crippen LogP contribution >= 0.6 is 0 Å². The van der Waals surface area contributed by atoms with E-state index in [1.165, 1.54) is 12.0 Å². The normalized spacial score (nSPS) is 18.8. The van der Waals surface area contributed by atoms with Crippen molar-refractivity contribution in [3.63, 3.8) is 0 Å². The van der Waals surface area contributed by atoms with Crippen LogP contribution in [0.1, 0.15) is 19.8 Å². The van der Waals surface area contributed by atoms with Gasteiger partial charge in [-0.15, -0.1) is 0 Å². The largest absolute Gasteiger partial charge is 0.265 e. The highest BCUT2D eigenvalue weighted by atomic mass is 14.7. The molecular weight excluding hydrogens is 134 g/mol. The quantitative estimate of drug-likeness (QED) is 0.569. The Kier molecular flexibility index (Phi) is 3.39. The highest BCUT2D eigenvalue weighted by Gasteiger charge is 1.88. The summed E-state index contributed by atoms with van der Waals surface area (Å²) in [5, 5.41) is 0. The number of hydrogen-bond donors (Lipinski definition) is 0. The molecule has 1 rings (SSSR count). The highest BCUT2D eigenvalue weighted by Crippen LogP contribution is 2.06. The Hall–Kier alpha value is -1.11. The Morgan fingerprint density at radius 1 is 1.36 bits per heavy atom. The van der Waals surface area contributed by atoms with E-state index in [1.54, 1.807) is 6.20 Å². The fourth-order valence-electron chi connectivity index (χ4n) is 0.978. The van der Waals surface area contributed by atoms with Crippen molar-refractivity contribution in [1.82, 2.24) is 0 Å². The van der Waals surface area contributed by atoms with Crippen LogP contribution in [0.5, 0.6) is 0 Å². The van der Waals surface area contributed by atoms with Gasteiger partial charge in [0.1, 0.15) is 0 Å². The summed E-state index contributed by atoms with van der Waals surface area (Å²) in [5.41, 5.74) is 1.35. The van der Waals surface area contributed by atoms with E-state index in [0.717, 1.165) is 6.42 Å². The van der Waals surface area contributed by atoms with Crippen molar-refractivity contribution in [2.75, 3.05) is 0 Å². The third-order valence-electron chi connectivity index (χ3n) is 1.51. The molecule has 0 aliphatic carbocycles. The summed E-state index contributed by atoms with van der Waals surface area (Å²) in [4.78, 5) is 4.03. The first-order valence-electron chi connectivity index (χ1n) is 3.99. The molecule has 0 atom stereocenters. The summed E-state index contributed by atoms with van der Waals surface area (Å²) >= 11 is 0. The molecule has 0 amide bonds. The molecule has 0 saturated heterocycles. The zero-order chi connectivity index (χ0) is 7.94. The van der Waals surface area contributed by atoms with Crippen LogP contribution in [0.2, 0.25) is 0 Å². The van der Waals surface area contributed by atoms with Gasteiger partial charge in [-0.05, 0) is 24.1 Å². The van der Waals surface area contributed by atoms with Crippen molar-refractivity contribution in [1.29, 1.82) is 0 Å². The summed E-state index contributed by atoms with van der Waals surface area (Å²) in [7, 11) is 0. The topological polar surface area (TPSA) is 12.4 Å². The lowest BCUT2D eigenvalue weighted by atomic mass is 10.1. The van der Waals surface area contributed by atoms with Crippen LogP contribution in [0.3, 0.4) is 0 Å². The molecule has 1 heterocycles. The maximum absolute atomic E-state index is 4.03. The first kappa shape index (κ1) is 7.99. The van der Waals surface area contributed by atoms with E-state index in [4.69, 9.17) is 0 Å². The number of hydrogen-bond acceptors (Lipinski definition) is 1. The maximum atomic E-state index is 4.03. The minimum absolute atomic E-state index is 1.14. The van der Waals surface area contributed by atoms with E-state index < -0.39 is 0 Å². The van der Waals surface area contributed by atoms with Crippen molar-refractivity contribution < 1.29 is 0 Å². The van der Waals surface area contributed by atoms with Gasteiger partial charge < -0.3 is 0 Å². The molecule has 0 unspecified atom stereocenters. The van der Waals surface area contributed by atoms with E-state index in [0.29, 0.717) is 0 Å². The van der Waals surface area contributed by atoms with E-state index >= 15 is 0 Å². The maximum Gasteiger partial charge on any atom is 0.0270 e. The zero-order valence-electron chi connectivity index (χ0n) is 6.83. The van der Waals surface area contributed by atoms with Crippen LogP contribution in [-0.4, -0.2) is 6.21 Å². The molecule has 1 heteroatoms. The molecule has 0 aromatic rings. The third kappa shape index (κ3) is 2.99. The second kappa shape index (κ2) is 4.67. The van der Waals surface area contributed by atoms with Crippen LogP contribution in [0.25, 0.3) is 0 Å². The Morgan fingerprint density at radius 3 is 3.09 bits per heavy atom. The van der Waals surface area contributed by atoms with Crippen molar-refractivity contribution in [2.24, 2.45) is 4.99 Å². The lowest BCUT2D eigenvalue weighted by Gasteiger charge is -1.96. The summed E-state index contributed by atoms with van der Waals surface area (Å²) in [6.07, 6.45) is 14.1. The number of rotatable bonds is 2. The summed E-state index contributed by atoms with van der Waals surface area (Å²) in [6.45, 7) is 2.18. The van der Waals surface area contributed by atoms with E-state index in [9.17, 15) is 0 Å². The van der Waals surface area contributed by atoms with Crippen LogP contribution in [0, 0.1) is 0 Å². The zero-order valence-corrected chi connectivity index (χ0v) is 6.83. The summed E-state index contributed by atoms with van der Waals surface area (Å²) < 4.78 is 0. The predicted octanol–water partition coefficient (Wildman–Crippen LogP) is 2.87.